The van der Waals surface area contributed by atoms with Gasteiger partial charge in [0.2, 0.25) is 0 Å². The van der Waals surface area contributed by atoms with Crippen LogP contribution in [0.2, 0.25) is 0 Å². The summed E-state index contributed by atoms with van der Waals surface area (Å²) in [6.45, 7) is 14.2. The first-order valence-electron chi connectivity index (χ1n) is 19.3. The Morgan fingerprint density at radius 3 is 2.07 bits per heavy atom. The van der Waals surface area contributed by atoms with Crippen LogP contribution in [0.1, 0.15) is 56.6 Å². The first-order chi connectivity index (χ1) is 27.3. The zero-order valence-corrected chi connectivity index (χ0v) is 33.0. The van der Waals surface area contributed by atoms with Crippen molar-refractivity contribution < 1.29 is 52.6 Å². The summed E-state index contributed by atoms with van der Waals surface area (Å²) in [4.78, 5) is 35.5. The standard InChI is InChI=1S/C43H60N2O11/c1-5-8-10-15-39-35(26-33(13-9-6-2)37(39)7-3)28-56-43(49)45-18-20-51-22-24-53-30-36(54-31-41(46)47)29-52-23-21-50-19-17-44-42(48)55-27-34-25-32(4)38-14-11-12-16-40(34)38/h6-8,10-12,14,16,25-26,34-36H,2-3,5,9,13,15,17-24,27-31H2,1,4H3,(H,44,48)(H,45,49)(H,46,47)/b10-8-. The molecule has 0 aliphatic heterocycles. The molecule has 2 amide bonds. The van der Waals surface area contributed by atoms with Crippen LogP contribution in [0.25, 0.3) is 5.57 Å². The third-order valence-electron chi connectivity index (χ3n) is 8.95. The Hall–Kier alpha value is -4.53. The fraction of sp³-hybridized carbons (Fsp3) is 0.512. The molecule has 3 N–H and O–H groups in total. The zero-order chi connectivity index (χ0) is 40.4. The molecule has 0 saturated carbocycles. The molecule has 0 saturated heterocycles. The van der Waals surface area contributed by atoms with Crippen molar-refractivity contribution in [3.8, 4) is 0 Å². The maximum atomic E-state index is 12.4. The van der Waals surface area contributed by atoms with E-state index in [1.165, 1.54) is 22.3 Å². The van der Waals surface area contributed by atoms with Gasteiger partial charge in [-0.05, 0) is 66.0 Å². The summed E-state index contributed by atoms with van der Waals surface area (Å²) in [6, 6.07) is 8.09. The Kier molecular flexibility index (Phi) is 22.2. The summed E-state index contributed by atoms with van der Waals surface area (Å²) in [5.41, 5.74) is 7.06. The molecule has 3 unspecified atom stereocenters. The molecule has 0 fully saturated rings. The van der Waals surface area contributed by atoms with Gasteiger partial charge in [0.1, 0.15) is 25.9 Å². The first-order valence-corrected chi connectivity index (χ1v) is 19.3. The van der Waals surface area contributed by atoms with Crippen LogP contribution < -0.4 is 10.6 Å². The smallest absolute Gasteiger partial charge is 0.407 e. The number of ether oxygens (including phenoxy) is 7. The summed E-state index contributed by atoms with van der Waals surface area (Å²) in [5.74, 6) is -1.07. The fourth-order valence-corrected chi connectivity index (χ4v) is 6.25. The minimum atomic E-state index is -1.10. The number of carbonyl (C=O) groups is 3. The number of carbonyl (C=O) groups excluding carboxylic acids is 2. The Balaban J connectivity index is 1.21. The van der Waals surface area contributed by atoms with E-state index < -0.39 is 30.9 Å². The summed E-state index contributed by atoms with van der Waals surface area (Å²) in [5, 5.41) is 14.4. The molecule has 1 aromatic carbocycles. The number of hydrogen-bond acceptors (Lipinski definition) is 10. The van der Waals surface area contributed by atoms with Crippen molar-refractivity contribution in [1.82, 2.24) is 10.6 Å². The van der Waals surface area contributed by atoms with E-state index in [1.807, 2.05) is 30.4 Å². The number of fused-ring (bicyclic) bond motifs is 1. The van der Waals surface area contributed by atoms with Crippen LogP contribution in [0.15, 0.2) is 90.6 Å². The molecule has 3 rings (SSSR count). The largest absolute Gasteiger partial charge is 0.480 e. The minimum absolute atomic E-state index is 0.00823. The molecule has 13 nitrogen and oxygen atoms in total. The second-order valence-corrected chi connectivity index (χ2v) is 13.1. The van der Waals surface area contributed by atoms with Crippen molar-refractivity contribution in [2.24, 2.45) is 5.92 Å². The number of amides is 2. The Morgan fingerprint density at radius 1 is 0.839 bits per heavy atom. The molecule has 56 heavy (non-hydrogen) atoms. The molecule has 3 atom stereocenters. The lowest BCUT2D eigenvalue weighted by molar-refractivity contribution is -0.148. The van der Waals surface area contributed by atoms with Crippen LogP contribution in [0, 0.1) is 5.92 Å². The lowest BCUT2D eigenvalue weighted by atomic mass is 9.96. The van der Waals surface area contributed by atoms with Crippen molar-refractivity contribution in [2.75, 3.05) is 85.8 Å². The molecule has 0 spiro atoms. The van der Waals surface area contributed by atoms with E-state index in [0.29, 0.717) is 0 Å². The van der Waals surface area contributed by atoms with Crippen molar-refractivity contribution >= 4 is 23.7 Å². The van der Waals surface area contributed by atoms with Crippen molar-refractivity contribution in [3.05, 3.63) is 102 Å². The van der Waals surface area contributed by atoms with E-state index in [9.17, 15) is 14.4 Å². The number of allylic oxidation sites excluding steroid dienone is 7. The van der Waals surface area contributed by atoms with E-state index in [-0.39, 0.29) is 91.0 Å². The number of nitrogens with one attached hydrogen (secondary N) is 2. The number of carboxylic acid groups (broad SMARTS) is 1. The highest BCUT2D eigenvalue weighted by atomic mass is 16.6. The maximum absolute atomic E-state index is 12.4. The third kappa shape index (κ3) is 17.1. The van der Waals surface area contributed by atoms with Gasteiger partial charge < -0.3 is 48.9 Å². The van der Waals surface area contributed by atoms with Gasteiger partial charge in [0.05, 0.1) is 52.9 Å². The molecule has 1 aromatic rings. The Bertz CT molecular complexity index is 1530. The second kappa shape index (κ2) is 27.1. The van der Waals surface area contributed by atoms with Gasteiger partial charge in [0, 0.05) is 24.9 Å². The average Bonchev–Trinajstić information content (AvgIpc) is 3.71. The van der Waals surface area contributed by atoms with E-state index in [0.717, 1.165) is 36.8 Å². The van der Waals surface area contributed by atoms with E-state index in [2.05, 4.69) is 68.0 Å². The number of carboxylic acids is 1. The predicted octanol–water partition coefficient (Wildman–Crippen LogP) is 6.54. The van der Waals surface area contributed by atoms with Gasteiger partial charge in [-0.25, -0.2) is 14.4 Å². The van der Waals surface area contributed by atoms with Gasteiger partial charge in [0.15, 0.2) is 0 Å². The van der Waals surface area contributed by atoms with Crippen LogP contribution in [0.4, 0.5) is 9.59 Å². The van der Waals surface area contributed by atoms with Crippen molar-refractivity contribution in [3.63, 3.8) is 0 Å². The molecular weight excluding hydrogens is 720 g/mol. The molecule has 2 aliphatic carbocycles. The Morgan fingerprint density at radius 2 is 1.46 bits per heavy atom. The van der Waals surface area contributed by atoms with Crippen LogP contribution in [-0.4, -0.2) is 115 Å². The lowest BCUT2D eigenvalue weighted by Gasteiger charge is -2.17. The first kappa shape index (κ1) is 45.9. The topological polar surface area (TPSA) is 160 Å². The van der Waals surface area contributed by atoms with Crippen molar-refractivity contribution in [1.29, 1.82) is 0 Å². The molecule has 0 radical (unpaired) electrons. The van der Waals surface area contributed by atoms with E-state index >= 15 is 0 Å². The second-order valence-electron chi connectivity index (χ2n) is 13.1. The molecule has 0 heterocycles. The quantitative estimate of drug-likeness (QED) is 0.0575. The van der Waals surface area contributed by atoms with Crippen LogP contribution >= 0.6 is 0 Å². The van der Waals surface area contributed by atoms with E-state index in [4.69, 9.17) is 38.3 Å². The highest BCUT2D eigenvalue weighted by molar-refractivity contribution is 5.74. The zero-order valence-electron chi connectivity index (χ0n) is 33.0. The van der Waals surface area contributed by atoms with Gasteiger partial charge >= 0.3 is 18.2 Å². The molecule has 13 heteroatoms. The molecular formula is C43H60N2O11. The van der Waals surface area contributed by atoms with Gasteiger partial charge in [0.25, 0.3) is 0 Å². The number of benzene rings is 1. The SMILES string of the molecule is C=CCCC1=CC(COC(=O)NCCOCCOCC(COCCOCCNC(=O)OCC2C=C(C)c3ccccc32)OCC(=O)O)C(C/C=C\CC)=C1C=C. The van der Waals surface area contributed by atoms with Gasteiger partial charge in [-0.1, -0.05) is 74.2 Å². The summed E-state index contributed by atoms with van der Waals surface area (Å²) in [7, 11) is 0. The third-order valence-corrected chi connectivity index (χ3v) is 8.95. The fourth-order valence-electron chi connectivity index (χ4n) is 6.25. The Labute approximate surface area is 331 Å². The van der Waals surface area contributed by atoms with Gasteiger partial charge in [-0.3, -0.25) is 0 Å². The number of aliphatic carboxylic acids is 1. The molecule has 2 aliphatic rings. The summed E-state index contributed by atoms with van der Waals surface area (Å²) in [6.07, 6.45) is 14.2. The predicted molar refractivity (Wildman–Crippen MR) is 214 cm³/mol. The van der Waals surface area contributed by atoms with Gasteiger partial charge in [-0.2, -0.15) is 0 Å². The lowest BCUT2D eigenvalue weighted by Crippen LogP contribution is -2.31. The maximum Gasteiger partial charge on any atom is 0.407 e. The van der Waals surface area contributed by atoms with Crippen LogP contribution in [-0.2, 0) is 38.0 Å². The van der Waals surface area contributed by atoms with Crippen LogP contribution in [0.3, 0.4) is 0 Å². The minimum Gasteiger partial charge on any atom is -0.480 e. The summed E-state index contributed by atoms with van der Waals surface area (Å²) < 4.78 is 38.6. The number of alkyl carbamates (subject to hydrolysis) is 2. The number of hydrogen-bond donors (Lipinski definition) is 3. The molecule has 0 bridgehead atoms. The molecule has 0 aromatic heterocycles. The van der Waals surface area contributed by atoms with Gasteiger partial charge in [-0.15, -0.1) is 6.58 Å². The van der Waals surface area contributed by atoms with Crippen LogP contribution in [0.5, 0.6) is 0 Å². The van der Waals surface area contributed by atoms with E-state index in [1.54, 1.807) is 0 Å². The molecule has 308 valence electrons. The normalized spacial score (nSPS) is 16.6. The number of rotatable bonds is 30. The highest BCUT2D eigenvalue weighted by Crippen LogP contribution is 2.37. The van der Waals surface area contributed by atoms with Crippen molar-refractivity contribution in [2.45, 2.75) is 51.6 Å². The highest BCUT2D eigenvalue weighted by Gasteiger charge is 2.25. The monoisotopic (exact) mass is 780 g/mol. The summed E-state index contributed by atoms with van der Waals surface area (Å²) >= 11 is 0. The average molecular weight is 781 g/mol.